The lowest BCUT2D eigenvalue weighted by molar-refractivity contribution is -0.127. The van der Waals surface area contributed by atoms with Gasteiger partial charge in [-0.15, -0.1) is 23.1 Å². The largest absolute Gasteiger partial charge is 0.486 e. The summed E-state index contributed by atoms with van der Waals surface area (Å²) in [5, 5.41) is 0. The predicted octanol–water partition coefficient (Wildman–Crippen LogP) is 3.92. The fourth-order valence-electron chi connectivity index (χ4n) is 2.13. The molecule has 23 heavy (non-hydrogen) atoms. The molecule has 7 heteroatoms. The Morgan fingerprint density at radius 3 is 2.78 bits per heavy atom. The van der Waals surface area contributed by atoms with E-state index in [0.717, 1.165) is 25.6 Å². The smallest absolute Gasteiger partial charge is 0.233 e. The van der Waals surface area contributed by atoms with Crippen LogP contribution in [0.2, 0.25) is 4.34 Å². The Labute approximate surface area is 148 Å². The molecule has 0 unspecified atom stereocenters. The predicted molar refractivity (Wildman–Crippen MR) is 94.0 cm³/mol. The maximum Gasteiger partial charge on any atom is 0.233 e. The maximum atomic E-state index is 12.2. The van der Waals surface area contributed by atoms with Crippen molar-refractivity contribution in [2.45, 2.75) is 11.4 Å². The van der Waals surface area contributed by atoms with Gasteiger partial charge >= 0.3 is 0 Å². The number of nitrogens with zero attached hydrogens (tertiary/aromatic N) is 1. The average molecular weight is 370 g/mol. The van der Waals surface area contributed by atoms with E-state index in [4.69, 9.17) is 21.1 Å². The Hall–Kier alpha value is -1.37. The van der Waals surface area contributed by atoms with Gasteiger partial charge in [-0.3, -0.25) is 4.79 Å². The lowest BCUT2D eigenvalue weighted by atomic mass is 10.3. The highest BCUT2D eigenvalue weighted by Crippen LogP contribution is 2.34. The van der Waals surface area contributed by atoms with E-state index in [9.17, 15) is 4.79 Å². The molecule has 3 rings (SSSR count). The Balaban J connectivity index is 1.54. The van der Waals surface area contributed by atoms with Crippen molar-refractivity contribution in [1.29, 1.82) is 0 Å². The van der Waals surface area contributed by atoms with Crippen molar-refractivity contribution in [2.24, 2.45) is 0 Å². The monoisotopic (exact) mass is 369 g/mol. The summed E-state index contributed by atoms with van der Waals surface area (Å²) >= 11 is 8.91. The Morgan fingerprint density at radius 2 is 2.04 bits per heavy atom. The van der Waals surface area contributed by atoms with Crippen molar-refractivity contribution in [3.8, 4) is 11.5 Å². The minimum Gasteiger partial charge on any atom is -0.486 e. The van der Waals surface area contributed by atoms with Crippen LogP contribution in [0.25, 0.3) is 0 Å². The number of halogens is 1. The minimum atomic E-state index is 0.0782. The van der Waals surface area contributed by atoms with Crippen LogP contribution in [0.4, 0.5) is 0 Å². The number of fused-ring (bicyclic) bond motifs is 1. The molecule has 1 aromatic carbocycles. The first-order chi connectivity index (χ1) is 11.1. The number of carbonyl (C=O) groups is 1. The van der Waals surface area contributed by atoms with Gasteiger partial charge in [0, 0.05) is 16.8 Å². The summed E-state index contributed by atoms with van der Waals surface area (Å²) in [6, 6.07) is 9.56. The Bertz CT molecular complexity index is 704. The molecule has 0 saturated heterocycles. The van der Waals surface area contributed by atoms with Gasteiger partial charge in [0.2, 0.25) is 5.91 Å². The molecule has 0 N–H and O–H groups in total. The zero-order chi connectivity index (χ0) is 16.2. The van der Waals surface area contributed by atoms with Crippen molar-refractivity contribution in [1.82, 2.24) is 4.90 Å². The normalized spacial score (nSPS) is 13.0. The fourth-order valence-corrected chi connectivity index (χ4v) is 4.13. The topological polar surface area (TPSA) is 38.8 Å². The Kier molecular flexibility index (Phi) is 5.35. The van der Waals surface area contributed by atoms with E-state index in [1.807, 2.05) is 30.3 Å². The zero-order valence-electron chi connectivity index (χ0n) is 12.6. The molecule has 1 aliphatic heterocycles. The van der Waals surface area contributed by atoms with Crippen LogP contribution < -0.4 is 9.47 Å². The molecule has 1 amide bonds. The van der Waals surface area contributed by atoms with Gasteiger partial charge in [-0.2, -0.15) is 0 Å². The van der Waals surface area contributed by atoms with Crippen molar-refractivity contribution >= 4 is 40.6 Å². The van der Waals surface area contributed by atoms with E-state index in [2.05, 4.69) is 0 Å². The second-order valence-corrected chi connectivity index (χ2v) is 7.90. The quantitative estimate of drug-likeness (QED) is 0.749. The number of thioether (sulfide) groups is 1. The summed E-state index contributed by atoms with van der Waals surface area (Å²) < 4.78 is 11.8. The van der Waals surface area contributed by atoms with Gasteiger partial charge in [0.1, 0.15) is 13.2 Å². The summed E-state index contributed by atoms with van der Waals surface area (Å²) in [4.78, 5) is 16.0. The van der Waals surface area contributed by atoms with Crippen molar-refractivity contribution < 1.29 is 14.3 Å². The van der Waals surface area contributed by atoms with Crippen LogP contribution >= 0.6 is 34.7 Å². The van der Waals surface area contributed by atoms with Crippen LogP contribution in [0.1, 0.15) is 4.88 Å². The molecule has 1 aliphatic rings. The number of carbonyl (C=O) groups excluding carboxylic acids is 1. The van der Waals surface area contributed by atoms with E-state index in [1.54, 1.807) is 11.9 Å². The average Bonchev–Trinajstić information content (AvgIpc) is 2.97. The number of thiophene rings is 1. The second kappa shape index (κ2) is 7.47. The number of hydrogen-bond acceptors (Lipinski definition) is 5. The molecule has 0 spiro atoms. The molecule has 0 fully saturated rings. The van der Waals surface area contributed by atoms with Gasteiger partial charge in [-0.1, -0.05) is 11.6 Å². The van der Waals surface area contributed by atoms with Gasteiger partial charge in [0.05, 0.1) is 16.6 Å². The number of rotatable bonds is 5. The SMILES string of the molecule is CN(Cc1ccc(Cl)s1)C(=O)CSc1ccc2c(c1)OCCO2. The fraction of sp³-hybridized carbons (Fsp3) is 0.312. The van der Waals surface area contributed by atoms with E-state index < -0.39 is 0 Å². The third kappa shape index (κ3) is 4.34. The second-order valence-electron chi connectivity index (χ2n) is 5.05. The van der Waals surface area contributed by atoms with Crippen LogP contribution in [0.5, 0.6) is 11.5 Å². The molecule has 0 atom stereocenters. The van der Waals surface area contributed by atoms with Crippen LogP contribution in [0, 0.1) is 0 Å². The van der Waals surface area contributed by atoms with Crippen LogP contribution in [-0.4, -0.2) is 36.8 Å². The molecule has 0 aliphatic carbocycles. The summed E-state index contributed by atoms with van der Waals surface area (Å²) in [5.41, 5.74) is 0. The summed E-state index contributed by atoms with van der Waals surface area (Å²) in [6.45, 7) is 1.72. The van der Waals surface area contributed by atoms with E-state index in [-0.39, 0.29) is 5.91 Å². The van der Waals surface area contributed by atoms with Crippen molar-refractivity contribution in [3.05, 3.63) is 39.5 Å². The van der Waals surface area contributed by atoms with Gasteiger partial charge in [-0.05, 0) is 30.3 Å². The maximum absolute atomic E-state index is 12.2. The minimum absolute atomic E-state index is 0.0782. The molecular formula is C16H16ClNO3S2. The summed E-state index contributed by atoms with van der Waals surface area (Å²) in [6.07, 6.45) is 0. The van der Waals surface area contributed by atoms with Crippen molar-refractivity contribution in [3.63, 3.8) is 0 Å². The van der Waals surface area contributed by atoms with Crippen molar-refractivity contribution in [2.75, 3.05) is 26.0 Å². The molecule has 1 aromatic heterocycles. The van der Waals surface area contributed by atoms with Gasteiger partial charge in [-0.25, -0.2) is 0 Å². The van der Waals surface area contributed by atoms with E-state index in [1.165, 1.54) is 23.1 Å². The first-order valence-corrected chi connectivity index (χ1v) is 9.30. The molecule has 122 valence electrons. The highest BCUT2D eigenvalue weighted by atomic mass is 35.5. The molecule has 0 saturated carbocycles. The van der Waals surface area contributed by atoms with E-state index in [0.29, 0.717) is 25.5 Å². The van der Waals surface area contributed by atoms with E-state index >= 15 is 0 Å². The van der Waals surface area contributed by atoms with Gasteiger partial charge in [0.15, 0.2) is 11.5 Å². The molecule has 0 bridgehead atoms. The highest BCUT2D eigenvalue weighted by Gasteiger charge is 2.14. The van der Waals surface area contributed by atoms with Gasteiger partial charge < -0.3 is 14.4 Å². The summed E-state index contributed by atoms with van der Waals surface area (Å²) in [5.74, 6) is 1.97. The Morgan fingerprint density at radius 1 is 1.26 bits per heavy atom. The number of ether oxygens (including phenoxy) is 2. The summed E-state index contributed by atoms with van der Waals surface area (Å²) in [7, 11) is 1.81. The number of hydrogen-bond donors (Lipinski definition) is 0. The highest BCUT2D eigenvalue weighted by molar-refractivity contribution is 8.00. The molecule has 2 aromatic rings. The number of benzene rings is 1. The lowest BCUT2D eigenvalue weighted by Gasteiger charge is -2.19. The van der Waals surface area contributed by atoms with Crippen LogP contribution in [0.15, 0.2) is 35.2 Å². The van der Waals surface area contributed by atoms with Gasteiger partial charge in [0.25, 0.3) is 0 Å². The third-order valence-electron chi connectivity index (χ3n) is 3.32. The first-order valence-electron chi connectivity index (χ1n) is 7.12. The van der Waals surface area contributed by atoms with Crippen LogP contribution in [-0.2, 0) is 11.3 Å². The first kappa shape index (κ1) is 16.5. The third-order valence-corrected chi connectivity index (χ3v) is 5.52. The molecule has 4 nitrogen and oxygen atoms in total. The molecular weight excluding hydrogens is 354 g/mol. The zero-order valence-corrected chi connectivity index (χ0v) is 15.0. The molecule has 2 heterocycles. The number of amides is 1. The standard InChI is InChI=1S/C16H16ClNO3S2/c1-18(9-12-3-5-15(17)23-12)16(19)10-22-11-2-4-13-14(8-11)21-7-6-20-13/h2-5,8H,6-7,9-10H2,1H3. The lowest BCUT2D eigenvalue weighted by Crippen LogP contribution is -2.27. The molecule has 0 radical (unpaired) electrons. The van der Waals surface area contributed by atoms with Crippen LogP contribution in [0.3, 0.4) is 0 Å².